The lowest BCUT2D eigenvalue weighted by atomic mass is 9.56. The second-order valence-electron chi connectivity index (χ2n) is 7.80. The molecule has 132 valence electrons. The van der Waals surface area contributed by atoms with Crippen molar-refractivity contribution >= 4 is 5.97 Å². The monoisotopic (exact) mass is 332 g/mol. The van der Waals surface area contributed by atoms with Crippen LogP contribution in [0.1, 0.15) is 69.9 Å². The molecule has 2 aliphatic carbocycles. The summed E-state index contributed by atoms with van der Waals surface area (Å²) in [7, 11) is 0. The lowest BCUT2D eigenvalue weighted by molar-refractivity contribution is -0.176. The van der Waals surface area contributed by atoms with Gasteiger partial charge >= 0.3 is 5.97 Å². The molecule has 4 nitrogen and oxygen atoms in total. The molecule has 24 heavy (non-hydrogen) atoms. The van der Waals surface area contributed by atoms with E-state index >= 15 is 0 Å². The fourth-order valence-corrected chi connectivity index (χ4v) is 4.09. The number of aliphatic hydroxyl groups is 1. The molecule has 0 aromatic carbocycles. The van der Waals surface area contributed by atoms with Gasteiger partial charge in [0.05, 0.1) is 23.2 Å². The largest absolute Gasteiger partial charge is 0.468 e. The average molecular weight is 332 g/mol. The molecule has 0 aliphatic heterocycles. The first-order valence-electron chi connectivity index (χ1n) is 8.91. The highest BCUT2D eigenvalue weighted by Gasteiger charge is 2.58. The van der Waals surface area contributed by atoms with E-state index in [-0.39, 0.29) is 11.9 Å². The van der Waals surface area contributed by atoms with E-state index in [0.29, 0.717) is 12.8 Å². The van der Waals surface area contributed by atoms with Crippen LogP contribution >= 0.6 is 0 Å². The zero-order valence-electron chi connectivity index (χ0n) is 15.3. The van der Waals surface area contributed by atoms with Crippen LogP contribution in [0.3, 0.4) is 0 Å². The molecule has 4 atom stereocenters. The van der Waals surface area contributed by atoms with Gasteiger partial charge in [-0.3, -0.25) is 4.79 Å². The first kappa shape index (κ1) is 17.3. The quantitative estimate of drug-likeness (QED) is 0.664. The number of hydrogen-bond acceptors (Lipinski definition) is 4. The fourth-order valence-electron chi connectivity index (χ4n) is 4.09. The lowest BCUT2D eigenvalue weighted by Gasteiger charge is -2.53. The predicted molar refractivity (Wildman–Crippen MR) is 91.5 cm³/mol. The summed E-state index contributed by atoms with van der Waals surface area (Å²) in [5, 5.41) is 11.2. The molecule has 1 aromatic rings. The van der Waals surface area contributed by atoms with Crippen LogP contribution < -0.4 is 0 Å². The third-order valence-corrected chi connectivity index (χ3v) is 6.30. The summed E-state index contributed by atoms with van der Waals surface area (Å²) in [5.74, 6) is 0.487. The third kappa shape index (κ3) is 2.34. The van der Waals surface area contributed by atoms with Crippen molar-refractivity contribution in [3.8, 4) is 0 Å². The Morgan fingerprint density at radius 3 is 2.88 bits per heavy atom. The number of carbonyl (C=O) groups excluding carboxylic acids is 1. The minimum atomic E-state index is -0.932. The van der Waals surface area contributed by atoms with Gasteiger partial charge < -0.3 is 14.3 Å². The Labute approximate surface area is 143 Å². The highest BCUT2D eigenvalue weighted by atomic mass is 16.5. The Kier molecular flexibility index (Phi) is 4.15. The molecule has 1 aromatic heterocycles. The van der Waals surface area contributed by atoms with Gasteiger partial charge in [-0.2, -0.15) is 0 Å². The van der Waals surface area contributed by atoms with Gasteiger partial charge in [0.2, 0.25) is 0 Å². The van der Waals surface area contributed by atoms with Gasteiger partial charge in [0.15, 0.2) is 0 Å². The van der Waals surface area contributed by atoms with Crippen LogP contribution in [0, 0.1) is 18.3 Å². The predicted octanol–water partition coefficient (Wildman–Crippen LogP) is 4.25. The topological polar surface area (TPSA) is 59.7 Å². The van der Waals surface area contributed by atoms with E-state index < -0.39 is 17.1 Å². The minimum Gasteiger partial charge on any atom is -0.468 e. The first-order chi connectivity index (χ1) is 11.2. The summed E-state index contributed by atoms with van der Waals surface area (Å²) in [6, 6.07) is 0. The van der Waals surface area contributed by atoms with Crippen molar-refractivity contribution in [3.63, 3.8) is 0 Å². The number of hydrogen-bond donors (Lipinski definition) is 1. The van der Waals surface area contributed by atoms with Gasteiger partial charge in [-0.25, -0.2) is 0 Å². The molecule has 0 saturated carbocycles. The number of ether oxygens (including phenoxy) is 1. The lowest BCUT2D eigenvalue weighted by Crippen LogP contribution is -2.54. The van der Waals surface area contributed by atoms with E-state index in [1.807, 2.05) is 34.6 Å². The van der Waals surface area contributed by atoms with Crippen LogP contribution in [0.25, 0.3) is 0 Å². The Morgan fingerprint density at radius 1 is 1.50 bits per heavy atom. The molecule has 1 N–H and O–H groups in total. The van der Waals surface area contributed by atoms with Crippen LogP contribution in [-0.4, -0.2) is 16.7 Å². The van der Waals surface area contributed by atoms with Crippen LogP contribution in [0.15, 0.2) is 22.3 Å². The van der Waals surface area contributed by atoms with E-state index in [4.69, 9.17) is 9.15 Å². The van der Waals surface area contributed by atoms with Crippen LogP contribution in [0.4, 0.5) is 0 Å². The maximum atomic E-state index is 12.6. The Bertz CT molecular complexity index is 682. The standard InChI is InChI=1S/C20H28O4/c1-6-12(2)18(21)24-17-16-13(3)11-23-15(16)10-14-8-7-9-19(4,22)20(14,17)5/h8,11-12,17,22H,6-7,9-10H2,1-5H3/t12-,17-,19-,20-/m1/s1. The van der Waals surface area contributed by atoms with Gasteiger partial charge in [-0.15, -0.1) is 0 Å². The van der Waals surface area contributed by atoms with Crippen LogP contribution in [0.2, 0.25) is 0 Å². The second-order valence-corrected chi connectivity index (χ2v) is 7.80. The molecule has 0 amide bonds. The molecule has 0 bridgehead atoms. The van der Waals surface area contributed by atoms with Gasteiger partial charge in [-0.1, -0.05) is 25.5 Å². The molecule has 0 spiro atoms. The zero-order chi connectivity index (χ0) is 17.7. The van der Waals surface area contributed by atoms with E-state index in [0.717, 1.165) is 35.3 Å². The van der Waals surface area contributed by atoms with Crippen molar-refractivity contribution in [1.82, 2.24) is 0 Å². The normalized spacial score (nSPS) is 33.2. The highest BCUT2D eigenvalue weighted by molar-refractivity contribution is 5.72. The third-order valence-electron chi connectivity index (χ3n) is 6.30. The molecular weight excluding hydrogens is 304 g/mol. The first-order valence-corrected chi connectivity index (χ1v) is 8.91. The van der Waals surface area contributed by atoms with E-state index in [9.17, 15) is 9.90 Å². The molecule has 0 saturated heterocycles. The Hall–Kier alpha value is -1.55. The maximum Gasteiger partial charge on any atom is 0.309 e. The number of rotatable bonds is 3. The summed E-state index contributed by atoms with van der Waals surface area (Å²) in [5.41, 5.74) is 1.47. The van der Waals surface area contributed by atoms with Crippen LogP contribution in [-0.2, 0) is 16.0 Å². The van der Waals surface area contributed by atoms with E-state index in [2.05, 4.69) is 6.08 Å². The van der Waals surface area contributed by atoms with Gasteiger partial charge in [-0.05, 0) is 45.6 Å². The fraction of sp³-hybridized carbons (Fsp3) is 0.650. The number of esters is 1. The average Bonchev–Trinajstić information content (AvgIpc) is 2.89. The minimum absolute atomic E-state index is 0.160. The molecule has 4 heteroatoms. The number of carbonyl (C=O) groups is 1. The molecule has 1 heterocycles. The molecule has 0 unspecified atom stereocenters. The highest BCUT2D eigenvalue weighted by Crippen LogP contribution is 2.59. The summed E-state index contributed by atoms with van der Waals surface area (Å²) in [6.45, 7) is 9.73. The second kappa shape index (κ2) is 5.76. The van der Waals surface area contributed by atoms with Crippen molar-refractivity contribution in [3.05, 3.63) is 34.8 Å². The smallest absolute Gasteiger partial charge is 0.309 e. The molecule has 0 fully saturated rings. The molecule has 3 rings (SSSR count). The summed E-state index contributed by atoms with van der Waals surface area (Å²) in [6.07, 6.45) is 6.30. The number of aryl methyl sites for hydroxylation is 1. The SMILES string of the molecule is CC[C@@H](C)C(=O)O[C@@H]1c2c(C)coc2CC2=CCC[C@@](C)(O)[C@]21C. The van der Waals surface area contributed by atoms with Crippen molar-refractivity contribution in [2.75, 3.05) is 0 Å². The van der Waals surface area contributed by atoms with Gasteiger partial charge in [0.25, 0.3) is 0 Å². The van der Waals surface area contributed by atoms with Crippen molar-refractivity contribution in [2.24, 2.45) is 11.3 Å². The number of allylic oxidation sites excluding steroid dienone is 1. The van der Waals surface area contributed by atoms with Crippen molar-refractivity contribution < 1.29 is 19.1 Å². The molecule has 2 aliphatic rings. The summed E-state index contributed by atoms with van der Waals surface area (Å²) in [4.78, 5) is 12.6. The molecule has 0 radical (unpaired) electrons. The van der Waals surface area contributed by atoms with Crippen LogP contribution in [0.5, 0.6) is 0 Å². The van der Waals surface area contributed by atoms with Crippen molar-refractivity contribution in [2.45, 2.75) is 72.0 Å². The Morgan fingerprint density at radius 2 is 2.21 bits per heavy atom. The number of furan rings is 1. The van der Waals surface area contributed by atoms with Gasteiger partial charge in [0, 0.05) is 12.0 Å². The zero-order valence-corrected chi connectivity index (χ0v) is 15.3. The van der Waals surface area contributed by atoms with Gasteiger partial charge in [0.1, 0.15) is 11.9 Å². The Balaban J connectivity index is 2.12. The van der Waals surface area contributed by atoms with E-state index in [1.165, 1.54) is 0 Å². The maximum absolute atomic E-state index is 12.6. The summed E-state index contributed by atoms with van der Waals surface area (Å²) >= 11 is 0. The van der Waals surface area contributed by atoms with E-state index in [1.54, 1.807) is 6.26 Å². The molecular formula is C20H28O4. The van der Waals surface area contributed by atoms with Crippen molar-refractivity contribution in [1.29, 1.82) is 0 Å². The number of fused-ring (bicyclic) bond motifs is 2. The summed E-state index contributed by atoms with van der Waals surface area (Å²) < 4.78 is 11.8.